The predicted molar refractivity (Wildman–Crippen MR) is 69.1 cm³/mol. The molecule has 0 radical (unpaired) electrons. The topological polar surface area (TPSA) is 51.4 Å². The van der Waals surface area contributed by atoms with Crippen LogP contribution in [-0.2, 0) is 11.3 Å². The summed E-state index contributed by atoms with van der Waals surface area (Å²) in [4.78, 5) is 6.95. The van der Waals surface area contributed by atoms with Crippen molar-refractivity contribution in [3.05, 3.63) is 23.4 Å². The first-order chi connectivity index (χ1) is 8.24. The van der Waals surface area contributed by atoms with Crippen molar-refractivity contribution < 1.29 is 4.74 Å². The quantitative estimate of drug-likeness (QED) is 0.811. The number of hydrogen-bond donors (Lipinski definition) is 1. The van der Waals surface area contributed by atoms with Crippen LogP contribution in [0.5, 0.6) is 0 Å². The lowest BCUT2D eigenvalue weighted by molar-refractivity contribution is 0.204. The van der Waals surface area contributed by atoms with Crippen molar-refractivity contribution in [1.29, 1.82) is 0 Å². The molecule has 94 valence electrons. The molecule has 0 saturated heterocycles. The Bertz CT molecular complexity index is 377. The molecule has 0 aliphatic heterocycles. The highest BCUT2D eigenvalue weighted by atomic mass is 16.5. The number of nitrogens with two attached hydrogens (primary N) is 1. The van der Waals surface area contributed by atoms with Crippen molar-refractivity contribution in [1.82, 2.24) is 4.98 Å². The number of aryl methyl sites for hydroxylation is 1. The predicted octanol–water partition coefficient (Wildman–Crippen LogP) is 1.46. The van der Waals surface area contributed by atoms with E-state index in [0.717, 1.165) is 30.2 Å². The van der Waals surface area contributed by atoms with E-state index in [2.05, 4.69) is 16.0 Å². The van der Waals surface area contributed by atoms with Crippen LogP contribution < -0.4 is 10.6 Å². The minimum Gasteiger partial charge on any atom is -0.383 e. The lowest BCUT2D eigenvalue weighted by Gasteiger charge is -2.24. The third kappa shape index (κ3) is 3.17. The minimum atomic E-state index is 0.569. The van der Waals surface area contributed by atoms with Crippen molar-refractivity contribution in [2.45, 2.75) is 32.4 Å². The summed E-state index contributed by atoms with van der Waals surface area (Å²) in [7, 11) is 1.74. The van der Waals surface area contributed by atoms with Gasteiger partial charge in [-0.2, -0.15) is 0 Å². The zero-order valence-corrected chi connectivity index (χ0v) is 10.6. The summed E-state index contributed by atoms with van der Waals surface area (Å²) in [5.74, 6) is 1.05. The number of nitrogens with zero attached hydrogens (tertiary/aromatic N) is 2. The Labute approximate surface area is 103 Å². The summed E-state index contributed by atoms with van der Waals surface area (Å²) in [5, 5.41) is 0. The third-order valence-electron chi connectivity index (χ3n) is 3.05. The summed E-state index contributed by atoms with van der Waals surface area (Å²) >= 11 is 0. The molecule has 2 rings (SSSR count). The van der Waals surface area contributed by atoms with Gasteiger partial charge in [0.2, 0.25) is 0 Å². The molecule has 4 nitrogen and oxygen atoms in total. The first-order valence-corrected chi connectivity index (χ1v) is 6.18. The van der Waals surface area contributed by atoms with E-state index >= 15 is 0 Å². The van der Waals surface area contributed by atoms with Gasteiger partial charge in [-0.25, -0.2) is 4.98 Å². The van der Waals surface area contributed by atoms with E-state index in [1.165, 1.54) is 12.8 Å². The molecule has 0 bridgehead atoms. The average molecular weight is 235 g/mol. The molecule has 1 aliphatic carbocycles. The molecule has 2 N–H and O–H groups in total. The van der Waals surface area contributed by atoms with Crippen LogP contribution >= 0.6 is 0 Å². The molecule has 1 aliphatic rings. The Morgan fingerprint density at radius 3 is 2.82 bits per heavy atom. The number of hydrogen-bond acceptors (Lipinski definition) is 4. The Morgan fingerprint density at radius 1 is 1.47 bits per heavy atom. The fourth-order valence-electron chi connectivity index (χ4n) is 2.05. The van der Waals surface area contributed by atoms with Crippen LogP contribution in [0.15, 0.2) is 12.1 Å². The summed E-state index contributed by atoms with van der Waals surface area (Å²) in [6.07, 6.45) is 2.52. The van der Waals surface area contributed by atoms with Crippen LogP contribution in [0, 0.1) is 6.92 Å². The fraction of sp³-hybridized carbons (Fsp3) is 0.615. The average Bonchev–Trinajstić information content (AvgIpc) is 3.13. The first-order valence-electron chi connectivity index (χ1n) is 6.18. The second kappa shape index (κ2) is 5.47. The van der Waals surface area contributed by atoms with Gasteiger partial charge in [-0.1, -0.05) is 0 Å². The van der Waals surface area contributed by atoms with Gasteiger partial charge in [0.1, 0.15) is 5.82 Å². The number of aromatic nitrogens is 1. The largest absolute Gasteiger partial charge is 0.383 e. The Balaban J connectivity index is 2.18. The summed E-state index contributed by atoms with van der Waals surface area (Å²) in [6, 6.07) is 4.79. The van der Waals surface area contributed by atoms with Crippen molar-refractivity contribution in [2.24, 2.45) is 5.73 Å². The van der Waals surface area contributed by atoms with E-state index in [1.54, 1.807) is 7.11 Å². The van der Waals surface area contributed by atoms with E-state index in [1.807, 2.05) is 13.0 Å². The molecule has 1 heterocycles. The van der Waals surface area contributed by atoms with Gasteiger partial charge in [-0.3, -0.25) is 0 Å². The number of anilines is 1. The highest BCUT2D eigenvalue weighted by Crippen LogP contribution is 2.30. The van der Waals surface area contributed by atoms with E-state index in [0.29, 0.717) is 12.6 Å². The van der Waals surface area contributed by atoms with Crippen LogP contribution in [0.4, 0.5) is 5.82 Å². The monoisotopic (exact) mass is 235 g/mol. The lowest BCUT2D eigenvalue weighted by Crippen LogP contribution is -2.30. The van der Waals surface area contributed by atoms with Crippen molar-refractivity contribution in [2.75, 3.05) is 25.2 Å². The van der Waals surface area contributed by atoms with Crippen LogP contribution in [0.2, 0.25) is 0 Å². The van der Waals surface area contributed by atoms with E-state index in [4.69, 9.17) is 10.5 Å². The van der Waals surface area contributed by atoms with E-state index in [9.17, 15) is 0 Å². The second-order valence-electron chi connectivity index (χ2n) is 4.60. The van der Waals surface area contributed by atoms with E-state index < -0.39 is 0 Å². The van der Waals surface area contributed by atoms with Gasteiger partial charge in [0.15, 0.2) is 0 Å². The molecule has 1 fully saturated rings. The Kier molecular flexibility index (Phi) is 3.97. The maximum atomic E-state index is 5.71. The molecule has 0 unspecified atom stereocenters. The lowest BCUT2D eigenvalue weighted by atomic mass is 10.2. The molecule has 0 amide bonds. The number of ether oxygens (including phenoxy) is 1. The van der Waals surface area contributed by atoms with Gasteiger partial charge in [0.05, 0.1) is 6.61 Å². The van der Waals surface area contributed by atoms with Crippen molar-refractivity contribution >= 4 is 5.82 Å². The number of rotatable bonds is 6. The van der Waals surface area contributed by atoms with Crippen LogP contribution in [-0.4, -0.2) is 31.3 Å². The van der Waals surface area contributed by atoms with Gasteiger partial charge in [0, 0.05) is 31.9 Å². The zero-order chi connectivity index (χ0) is 12.3. The number of pyridine rings is 1. The number of methoxy groups -OCH3 is 1. The molecular formula is C13H21N3O. The molecule has 0 aromatic carbocycles. The maximum Gasteiger partial charge on any atom is 0.129 e. The molecule has 1 saturated carbocycles. The van der Waals surface area contributed by atoms with Gasteiger partial charge in [-0.05, 0) is 37.5 Å². The van der Waals surface area contributed by atoms with Crippen molar-refractivity contribution in [3.63, 3.8) is 0 Å². The minimum absolute atomic E-state index is 0.569. The molecule has 1 aromatic heterocycles. The van der Waals surface area contributed by atoms with E-state index in [-0.39, 0.29) is 0 Å². The highest BCUT2D eigenvalue weighted by molar-refractivity contribution is 5.45. The molecule has 1 aromatic rings. The smallest absolute Gasteiger partial charge is 0.129 e. The molecule has 4 heteroatoms. The molecule has 0 spiro atoms. The van der Waals surface area contributed by atoms with Gasteiger partial charge in [-0.15, -0.1) is 0 Å². The second-order valence-corrected chi connectivity index (χ2v) is 4.60. The molecular weight excluding hydrogens is 214 g/mol. The van der Waals surface area contributed by atoms with Gasteiger partial charge < -0.3 is 15.4 Å². The van der Waals surface area contributed by atoms with Crippen LogP contribution in [0.25, 0.3) is 0 Å². The normalized spacial score (nSPS) is 15.0. The van der Waals surface area contributed by atoms with Crippen LogP contribution in [0.1, 0.15) is 24.1 Å². The third-order valence-corrected chi connectivity index (χ3v) is 3.05. The Morgan fingerprint density at radius 2 is 2.24 bits per heavy atom. The first kappa shape index (κ1) is 12.3. The van der Waals surface area contributed by atoms with Crippen LogP contribution in [0.3, 0.4) is 0 Å². The Hall–Kier alpha value is -1.13. The zero-order valence-electron chi connectivity index (χ0n) is 10.6. The molecule has 0 atom stereocenters. The van der Waals surface area contributed by atoms with Crippen molar-refractivity contribution in [3.8, 4) is 0 Å². The highest BCUT2D eigenvalue weighted by Gasteiger charge is 2.29. The summed E-state index contributed by atoms with van der Waals surface area (Å²) in [6.45, 7) is 4.23. The molecule has 17 heavy (non-hydrogen) atoms. The summed E-state index contributed by atoms with van der Waals surface area (Å²) in [5.41, 5.74) is 7.89. The van der Waals surface area contributed by atoms with Gasteiger partial charge >= 0.3 is 0 Å². The standard InChI is InChI=1S/C13H21N3O/c1-10-7-11(9-14)8-13(15-10)16(5-6-17-2)12-3-4-12/h7-8,12H,3-6,9,14H2,1-2H3. The SMILES string of the molecule is COCCN(c1cc(CN)cc(C)n1)C1CC1. The fourth-order valence-corrected chi connectivity index (χ4v) is 2.05. The summed E-state index contributed by atoms with van der Waals surface area (Å²) < 4.78 is 5.16. The van der Waals surface area contributed by atoms with Gasteiger partial charge in [0.25, 0.3) is 0 Å². The maximum absolute atomic E-state index is 5.71.